The summed E-state index contributed by atoms with van der Waals surface area (Å²) in [6.45, 7) is 4.55. The lowest BCUT2D eigenvalue weighted by atomic mass is 9.99. The van der Waals surface area contributed by atoms with Gasteiger partial charge >= 0.3 is 0 Å². The summed E-state index contributed by atoms with van der Waals surface area (Å²) < 4.78 is 0. The summed E-state index contributed by atoms with van der Waals surface area (Å²) in [6.07, 6.45) is 0.869. The Morgan fingerprint density at radius 1 is 1.47 bits per heavy atom. The van der Waals surface area contributed by atoms with E-state index in [1.54, 1.807) is 12.1 Å². The van der Waals surface area contributed by atoms with Gasteiger partial charge in [-0.3, -0.25) is 4.79 Å². The van der Waals surface area contributed by atoms with E-state index in [0.717, 1.165) is 25.1 Å². The van der Waals surface area contributed by atoms with Crippen LogP contribution in [0.5, 0.6) is 5.75 Å². The van der Waals surface area contributed by atoms with Gasteiger partial charge in [0.1, 0.15) is 5.75 Å². The first-order valence-electron chi connectivity index (χ1n) is 6.00. The van der Waals surface area contributed by atoms with Gasteiger partial charge in [-0.05, 0) is 36.2 Å². The molecule has 17 heavy (non-hydrogen) atoms. The largest absolute Gasteiger partial charge is 0.508 e. The summed E-state index contributed by atoms with van der Waals surface area (Å²) in [4.78, 5) is 13.7. The van der Waals surface area contributed by atoms with E-state index in [2.05, 4.69) is 5.32 Å². The zero-order valence-electron chi connectivity index (χ0n) is 10.1. The number of phenols is 1. The molecule has 4 heteroatoms. The Kier molecular flexibility index (Phi) is 3.64. The van der Waals surface area contributed by atoms with Gasteiger partial charge in [0.05, 0.1) is 6.54 Å². The molecule has 1 aromatic rings. The third-order valence-electron chi connectivity index (χ3n) is 3.08. The number of fused-ring (bicyclic) bond motifs is 1. The highest BCUT2D eigenvalue weighted by Crippen LogP contribution is 2.22. The van der Waals surface area contributed by atoms with Gasteiger partial charge in [0.2, 0.25) is 5.91 Å². The number of likely N-dealkylation sites (N-methyl/N-ethyl adjacent to an activating group) is 1. The first-order chi connectivity index (χ1) is 8.20. The molecule has 92 valence electrons. The highest BCUT2D eigenvalue weighted by atomic mass is 16.3. The van der Waals surface area contributed by atoms with Crippen LogP contribution in [0.3, 0.4) is 0 Å². The van der Waals surface area contributed by atoms with Gasteiger partial charge in [-0.15, -0.1) is 0 Å². The van der Waals surface area contributed by atoms with E-state index in [9.17, 15) is 9.90 Å². The van der Waals surface area contributed by atoms with Crippen LogP contribution in [0.25, 0.3) is 0 Å². The van der Waals surface area contributed by atoms with Gasteiger partial charge in [-0.1, -0.05) is 13.0 Å². The van der Waals surface area contributed by atoms with Crippen LogP contribution < -0.4 is 5.32 Å². The maximum absolute atomic E-state index is 11.9. The molecule has 0 atom stereocenters. The van der Waals surface area contributed by atoms with Crippen molar-refractivity contribution in [1.82, 2.24) is 10.2 Å². The molecule has 0 saturated heterocycles. The Balaban J connectivity index is 2.04. The molecule has 0 spiro atoms. The molecule has 0 bridgehead atoms. The molecule has 0 fully saturated rings. The van der Waals surface area contributed by atoms with Crippen molar-refractivity contribution in [2.24, 2.45) is 0 Å². The standard InChI is InChI=1S/C13H18N2O2/c1-2-14-8-13(17)15-6-5-10-3-4-12(16)7-11(10)9-15/h3-4,7,14,16H,2,5-6,8-9H2,1H3. The molecular weight excluding hydrogens is 216 g/mol. The number of carbonyl (C=O) groups is 1. The molecule has 1 heterocycles. The molecule has 0 aliphatic carbocycles. The number of rotatable bonds is 3. The van der Waals surface area contributed by atoms with Crippen LogP contribution >= 0.6 is 0 Å². The molecule has 1 aliphatic heterocycles. The summed E-state index contributed by atoms with van der Waals surface area (Å²) >= 11 is 0. The van der Waals surface area contributed by atoms with Crippen molar-refractivity contribution < 1.29 is 9.90 Å². The topological polar surface area (TPSA) is 52.6 Å². The van der Waals surface area contributed by atoms with Gasteiger partial charge in [-0.25, -0.2) is 0 Å². The smallest absolute Gasteiger partial charge is 0.236 e. The second kappa shape index (κ2) is 5.19. The van der Waals surface area contributed by atoms with Crippen molar-refractivity contribution >= 4 is 5.91 Å². The second-order valence-electron chi connectivity index (χ2n) is 4.30. The molecule has 1 aliphatic rings. The number of hydrogen-bond donors (Lipinski definition) is 2. The lowest BCUT2D eigenvalue weighted by Gasteiger charge is -2.29. The zero-order chi connectivity index (χ0) is 12.3. The molecule has 1 aromatic carbocycles. The van der Waals surface area contributed by atoms with Crippen molar-refractivity contribution in [3.05, 3.63) is 29.3 Å². The average Bonchev–Trinajstić information content (AvgIpc) is 2.35. The van der Waals surface area contributed by atoms with Crippen LogP contribution in [0, 0.1) is 0 Å². The molecule has 4 nitrogen and oxygen atoms in total. The monoisotopic (exact) mass is 234 g/mol. The van der Waals surface area contributed by atoms with E-state index < -0.39 is 0 Å². The first kappa shape index (κ1) is 11.9. The Morgan fingerprint density at radius 2 is 2.29 bits per heavy atom. The molecule has 0 radical (unpaired) electrons. The van der Waals surface area contributed by atoms with E-state index in [1.165, 1.54) is 5.56 Å². The number of nitrogens with zero attached hydrogens (tertiary/aromatic N) is 1. The Labute approximate surface area is 101 Å². The average molecular weight is 234 g/mol. The third kappa shape index (κ3) is 2.77. The summed E-state index contributed by atoms with van der Waals surface area (Å²) in [7, 11) is 0. The fraction of sp³-hybridized carbons (Fsp3) is 0.462. The normalized spacial score (nSPS) is 14.5. The predicted molar refractivity (Wildman–Crippen MR) is 65.8 cm³/mol. The molecule has 1 amide bonds. The maximum Gasteiger partial charge on any atom is 0.236 e. The highest BCUT2D eigenvalue weighted by molar-refractivity contribution is 5.78. The van der Waals surface area contributed by atoms with E-state index in [-0.39, 0.29) is 11.7 Å². The Bertz CT molecular complexity index is 418. The van der Waals surface area contributed by atoms with Crippen molar-refractivity contribution in [3.8, 4) is 5.75 Å². The molecular formula is C13H18N2O2. The number of amides is 1. The number of nitrogens with one attached hydrogen (secondary N) is 1. The number of hydrogen-bond acceptors (Lipinski definition) is 3. The number of phenolic OH excluding ortho intramolecular Hbond substituents is 1. The van der Waals surface area contributed by atoms with E-state index >= 15 is 0 Å². The quantitative estimate of drug-likeness (QED) is 0.816. The van der Waals surface area contributed by atoms with Crippen molar-refractivity contribution in [2.75, 3.05) is 19.6 Å². The lowest BCUT2D eigenvalue weighted by molar-refractivity contribution is -0.131. The number of carbonyl (C=O) groups excluding carboxylic acids is 1. The molecule has 2 N–H and O–H groups in total. The Hall–Kier alpha value is -1.55. The van der Waals surface area contributed by atoms with E-state index in [0.29, 0.717) is 13.1 Å². The lowest BCUT2D eigenvalue weighted by Crippen LogP contribution is -2.41. The Morgan fingerprint density at radius 3 is 3.06 bits per heavy atom. The summed E-state index contributed by atoms with van der Waals surface area (Å²) in [5, 5.41) is 12.5. The maximum atomic E-state index is 11.9. The minimum atomic E-state index is 0.126. The fourth-order valence-corrected chi connectivity index (χ4v) is 2.10. The van der Waals surface area contributed by atoms with Crippen LogP contribution in [0.4, 0.5) is 0 Å². The van der Waals surface area contributed by atoms with Crippen LogP contribution in [-0.2, 0) is 17.8 Å². The summed E-state index contributed by atoms with van der Waals surface area (Å²) in [6, 6.07) is 5.40. The van der Waals surface area contributed by atoms with Gasteiger partial charge in [-0.2, -0.15) is 0 Å². The summed E-state index contributed by atoms with van der Waals surface area (Å²) in [5.41, 5.74) is 2.29. The second-order valence-corrected chi connectivity index (χ2v) is 4.30. The zero-order valence-corrected chi connectivity index (χ0v) is 10.1. The number of benzene rings is 1. The van der Waals surface area contributed by atoms with Gasteiger partial charge < -0.3 is 15.3 Å². The highest BCUT2D eigenvalue weighted by Gasteiger charge is 2.20. The van der Waals surface area contributed by atoms with E-state index in [4.69, 9.17) is 0 Å². The minimum absolute atomic E-state index is 0.126. The summed E-state index contributed by atoms with van der Waals surface area (Å²) in [5.74, 6) is 0.394. The molecule has 2 rings (SSSR count). The molecule has 0 saturated carbocycles. The van der Waals surface area contributed by atoms with Crippen molar-refractivity contribution in [2.45, 2.75) is 19.9 Å². The van der Waals surface area contributed by atoms with Crippen LogP contribution in [0.2, 0.25) is 0 Å². The third-order valence-corrected chi connectivity index (χ3v) is 3.08. The SMILES string of the molecule is CCNCC(=O)N1CCc2ccc(O)cc2C1. The van der Waals surface area contributed by atoms with Crippen molar-refractivity contribution in [3.63, 3.8) is 0 Å². The number of aromatic hydroxyl groups is 1. The molecule has 0 unspecified atom stereocenters. The molecule has 0 aromatic heterocycles. The predicted octanol–water partition coefficient (Wildman–Crippen LogP) is 0.886. The van der Waals surface area contributed by atoms with Gasteiger partial charge in [0.15, 0.2) is 0 Å². The van der Waals surface area contributed by atoms with Crippen LogP contribution in [0.15, 0.2) is 18.2 Å². The van der Waals surface area contributed by atoms with E-state index in [1.807, 2.05) is 17.9 Å². The van der Waals surface area contributed by atoms with Gasteiger partial charge in [0.25, 0.3) is 0 Å². The van der Waals surface area contributed by atoms with Crippen LogP contribution in [0.1, 0.15) is 18.1 Å². The van der Waals surface area contributed by atoms with Gasteiger partial charge in [0, 0.05) is 13.1 Å². The fourth-order valence-electron chi connectivity index (χ4n) is 2.10. The first-order valence-corrected chi connectivity index (χ1v) is 6.00. The minimum Gasteiger partial charge on any atom is -0.508 e. The van der Waals surface area contributed by atoms with Crippen molar-refractivity contribution in [1.29, 1.82) is 0 Å². The van der Waals surface area contributed by atoms with Crippen LogP contribution in [-0.4, -0.2) is 35.5 Å².